The topological polar surface area (TPSA) is 9.86 Å². The van der Waals surface area contributed by atoms with E-state index in [1.54, 1.807) is 0 Å². The van der Waals surface area contributed by atoms with Gasteiger partial charge in [0, 0.05) is 0 Å². The Bertz CT molecular complexity index is 5250. The Hall–Kier alpha value is -9.76. The maximum absolute atomic E-state index is 2.54. The normalized spacial score (nSPS) is 12.1. The molecule has 0 radical (unpaired) electrons. The molecule has 0 aliphatic rings. The Morgan fingerprint density at radius 2 is 0.595 bits per heavy atom. The summed E-state index contributed by atoms with van der Waals surface area (Å²) in [6.45, 7) is 0. The van der Waals surface area contributed by atoms with Crippen LogP contribution >= 0.6 is 0 Å². The second-order valence-corrected chi connectivity index (χ2v) is 23.2. The first-order valence-electron chi connectivity index (χ1n) is 27.2. The maximum Gasteiger partial charge on any atom is -0.0544 e. The summed E-state index contributed by atoms with van der Waals surface area (Å²) < 4.78 is 7.94. The van der Waals surface area contributed by atoms with E-state index in [1.807, 2.05) is 0 Å². The number of hydrogen-bond donors (Lipinski definition) is 0. The van der Waals surface area contributed by atoms with E-state index in [1.165, 1.54) is 162 Å². The molecule has 0 spiro atoms. The van der Waals surface area contributed by atoms with Crippen molar-refractivity contribution in [3.8, 4) is 55.9 Å². The number of hydrogen-bond acceptors (Lipinski definition) is 0. The minimum Gasteiger partial charge on any atom is -0.0617 e. The van der Waals surface area contributed by atoms with Gasteiger partial charge in [0.2, 0.25) is 0 Å². The van der Waals surface area contributed by atoms with E-state index in [2.05, 4.69) is 288 Å². The van der Waals surface area contributed by atoms with Crippen LogP contribution in [0.3, 0.4) is 0 Å². The summed E-state index contributed by atoms with van der Waals surface area (Å²) in [7, 11) is 0. The number of benzene rings is 14. The van der Waals surface area contributed by atoms with Gasteiger partial charge in [0.05, 0.1) is 0 Å². The predicted molar refractivity (Wildman–Crippen MR) is 339 cm³/mol. The van der Waals surface area contributed by atoms with Crippen LogP contribution in [-0.4, -0.2) is 23.6 Å². The van der Waals surface area contributed by atoms with E-state index in [4.69, 9.17) is 0 Å². The van der Waals surface area contributed by atoms with Crippen LogP contribution in [-0.2, 0) is 0 Å². The van der Waals surface area contributed by atoms with Gasteiger partial charge in [0.25, 0.3) is 0 Å². The van der Waals surface area contributed by atoms with Crippen molar-refractivity contribution in [3.05, 3.63) is 279 Å². The molecule has 2 nitrogen and oxygen atoms in total. The first kappa shape index (κ1) is 44.4. The third-order valence-corrected chi connectivity index (χ3v) is 19.4. The quantitative estimate of drug-likeness (QED) is 0.116. The van der Waals surface area contributed by atoms with Crippen LogP contribution in [0.2, 0.25) is 0 Å². The zero-order valence-electron chi connectivity index (χ0n) is 42.9. The summed E-state index contributed by atoms with van der Waals surface area (Å²) in [4.78, 5) is 0. The molecule has 366 valence electrons. The molecule has 0 aliphatic heterocycles. The largest absolute Gasteiger partial charge is 0.0617 e. The third kappa shape index (κ3) is 6.58. The molecular formula is C76H46N2Se. The molecule has 0 atom stereocenters. The minimum absolute atomic E-state index is 0.0363. The molecular weight excluding hydrogens is 1020 g/mol. The molecule has 0 saturated heterocycles. The number of fused-ring (bicyclic) bond motifs is 13. The van der Waals surface area contributed by atoms with Gasteiger partial charge in [0.1, 0.15) is 0 Å². The molecule has 3 heteroatoms. The van der Waals surface area contributed by atoms with Crippen molar-refractivity contribution in [2.24, 2.45) is 0 Å². The number of nitrogens with zero attached hydrogens (tertiary/aromatic N) is 2. The van der Waals surface area contributed by atoms with Crippen molar-refractivity contribution in [1.82, 2.24) is 9.13 Å². The van der Waals surface area contributed by atoms with E-state index in [0.29, 0.717) is 0 Å². The third-order valence-electron chi connectivity index (χ3n) is 16.9. The van der Waals surface area contributed by atoms with Crippen LogP contribution in [0.5, 0.6) is 0 Å². The molecule has 3 heterocycles. The van der Waals surface area contributed by atoms with Gasteiger partial charge in [-0.15, -0.1) is 0 Å². The van der Waals surface area contributed by atoms with Gasteiger partial charge in [0.15, 0.2) is 0 Å². The van der Waals surface area contributed by atoms with Crippen molar-refractivity contribution in [2.75, 3.05) is 0 Å². The number of para-hydroxylation sites is 2. The summed E-state index contributed by atoms with van der Waals surface area (Å²) in [6, 6.07) is 104. The predicted octanol–water partition coefficient (Wildman–Crippen LogP) is 20.5. The molecule has 3 aromatic heterocycles. The molecule has 0 saturated carbocycles. The fourth-order valence-electron chi connectivity index (χ4n) is 13.5. The van der Waals surface area contributed by atoms with Gasteiger partial charge in [-0.25, -0.2) is 0 Å². The Morgan fingerprint density at radius 1 is 0.215 bits per heavy atom. The summed E-state index contributed by atoms with van der Waals surface area (Å²) in [5, 5.41) is 17.7. The van der Waals surface area contributed by atoms with Crippen molar-refractivity contribution < 1.29 is 0 Å². The molecule has 0 unspecified atom stereocenters. The molecule has 0 amide bonds. The van der Waals surface area contributed by atoms with Gasteiger partial charge in [-0.3, -0.25) is 0 Å². The molecule has 0 bridgehead atoms. The maximum atomic E-state index is 2.54. The Labute approximate surface area is 461 Å². The molecule has 79 heavy (non-hydrogen) atoms. The second kappa shape index (κ2) is 17.4. The zero-order chi connectivity index (χ0) is 51.7. The van der Waals surface area contributed by atoms with Gasteiger partial charge >= 0.3 is 398 Å². The monoisotopic (exact) mass is 1070 g/mol. The standard InChI is InChI=1S/C76H46N2Se/c1-3-20-47(21-4-1)49-39-42-69-65(44-49)52-24-15-17-36-67(52)77(69)74-59-30-11-7-26-55(59)72(56-27-8-12-31-60(56)74)51-38-41-54-63-34-19-35-64(76(63)79-71(54)46-51)73-57-28-9-13-32-61(57)75(62-33-14-10-29-58(62)73)78-68-37-18-16-25-53(68)66-45-50(40-43-70(66)78)48-22-5-2-6-23-48/h1-46H. The van der Waals surface area contributed by atoms with Crippen LogP contribution in [0, 0.1) is 0 Å². The number of rotatable bonds is 6. The van der Waals surface area contributed by atoms with Crippen molar-refractivity contribution in [1.29, 1.82) is 0 Å². The first-order valence-corrected chi connectivity index (χ1v) is 29.0. The Morgan fingerprint density at radius 3 is 1.08 bits per heavy atom. The molecule has 14 aromatic carbocycles. The zero-order valence-corrected chi connectivity index (χ0v) is 44.6. The van der Waals surface area contributed by atoms with Crippen LogP contribution in [0.15, 0.2) is 279 Å². The SMILES string of the molecule is c1ccc(-c2ccc3c(c2)c2ccccc2n3-c2c3ccccc3c(-c3ccc4c(c3)[se]c3c(-c5c6ccccc6c(-n6c7ccccc7c7cc(-c8ccccc8)ccc76)c6ccccc56)cccc34)c3ccccc23)cc1. The summed E-state index contributed by atoms with van der Waals surface area (Å²) >= 11 is 0.0363. The van der Waals surface area contributed by atoms with Crippen molar-refractivity contribution >= 4 is 120 Å². The first-order chi connectivity index (χ1) is 39.2. The molecule has 0 N–H and O–H groups in total. The average molecular weight is 1070 g/mol. The Kier molecular flexibility index (Phi) is 9.76. The molecule has 17 aromatic rings. The van der Waals surface area contributed by atoms with Gasteiger partial charge in [-0.2, -0.15) is 0 Å². The van der Waals surface area contributed by atoms with E-state index in [0.717, 1.165) is 0 Å². The van der Waals surface area contributed by atoms with Gasteiger partial charge in [-0.1, -0.05) is 60.7 Å². The average Bonchev–Trinajstić information content (AvgIpc) is 4.31. The van der Waals surface area contributed by atoms with E-state index < -0.39 is 0 Å². The summed E-state index contributed by atoms with van der Waals surface area (Å²) in [5.74, 6) is 0. The molecule has 0 aliphatic carbocycles. The summed E-state index contributed by atoms with van der Waals surface area (Å²) in [6.07, 6.45) is 0. The molecule has 17 rings (SSSR count). The van der Waals surface area contributed by atoms with E-state index in [9.17, 15) is 0 Å². The number of aromatic nitrogens is 2. The van der Waals surface area contributed by atoms with E-state index >= 15 is 0 Å². The van der Waals surface area contributed by atoms with Crippen LogP contribution in [0.4, 0.5) is 0 Å². The van der Waals surface area contributed by atoms with Crippen molar-refractivity contribution in [2.45, 2.75) is 0 Å². The van der Waals surface area contributed by atoms with Crippen LogP contribution in [0.25, 0.3) is 162 Å². The minimum atomic E-state index is 0.0363. The van der Waals surface area contributed by atoms with E-state index in [-0.39, 0.29) is 14.5 Å². The van der Waals surface area contributed by atoms with Crippen LogP contribution in [0.1, 0.15) is 0 Å². The fourth-order valence-corrected chi connectivity index (χ4v) is 16.1. The van der Waals surface area contributed by atoms with Gasteiger partial charge < -0.3 is 0 Å². The van der Waals surface area contributed by atoms with Gasteiger partial charge in [-0.05, 0) is 5.56 Å². The molecule has 0 fully saturated rings. The smallest absolute Gasteiger partial charge is 0.0544 e. The second-order valence-electron chi connectivity index (χ2n) is 21.0. The van der Waals surface area contributed by atoms with Crippen LogP contribution < -0.4 is 0 Å². The Balaban J connectivity index is 0.863. The summed E-state index contributed by atoms with van der Waals surface area (Å²) in [5.41, 5.74) is 17.3. The fraction of sp³-hybridized carbons (Fsp3) is 0. The van der Waals surface area contributed by atoms with Crippen molar-refractivity contribution in [3.63, 3.8) is 0 Å².